The molecule has 4 heteroatoms. The number of aryl methyl sites for hydroxylation is 2. The molecule has 0 unspecified atom stereocenters. The summed E-state index contributed by atoms with van der Waals surface area (Å²) in [5, 5.41) is 4.42. The lowest BCUT2D eigenvalue weighted by molar-refractivity contribution is 0.870. The maximum absolute atomic E-state index is 4.50. The third-order valence-electron chi connectivity index (χ3n) is 2.55. The Balaban J connectivity index is 2.60. The average molecular weight is 186 g/mol. The van der Waals surface area contributed by atoms with Crippen LogP contribution < -0.4 is 0 Å². The van der Waals surface area contributed by atoms with Crippen LogP contribution in [0.25, 0.3) is 16.8 Å². The highest BCUT2D eigenvalue weighted by Crippen LogP contribution is 2.15. The Morgan fingerprint density at radius 2 is 2.00 bits per heavy atom. The number of benzene rings is 1. The molecule has 0 radical (unpaired) electrons. The van der Waals surface area contributed by atoms with Crippen LogP contribution in [0.15, 0.2) is 24.3 Å². The fourth-order valence-corrected chi connectivity index (χ4v) is 1.67. The fourth-order valence-electron chi connectivity index (χ4n) is 1.67. The smallest absolute Gasteiger partial charge is 0.233 e. The molecule has 0 amide bonds. The van der Waals surface area contributed by atoms with Crippen molar-refractivity contribution in [3.63, 3.8) is 0 Å². The Morgan fingerprint density at radius 1 is 1.21 bits per heavy atom. The number of para-hydroxylation sites is 2. The summed E-state index contributed by atoms with van der Waals surface area (Å²) in [6.45, 7) is 1.98. The van der Waals surface area contributed by atoms with Crippen molar-refractivity contribution < 1.29 is 0 Å². The first-order chi connectivity index (χ1) is 6.77. The first-order valence-electron chi connectivity index (χ1n) is 4.54. The third-order valence-corrected chi connectivity index (χ3v) is 2.55. The lowest BCUT2D eigenvalue weighted by atomic mass is 10.3. The minimum Gasteiger partial charge on any atom is -0.300 e. The molecule has 0 spiro atoms. The number of aromatic nitrogens is 4. The molecule has 0 N–H and O–H groups in total. The monoisotopic (exact) mass is 186 g/mol. The normalized spacial score (nSPS) is 11.6. The number of hydrogen-bond donors (Lipinski definition) is 0. The maximum Gasteiger partial charge on any atom is 0.233 e. The Bertz CT molecular complexity index is 617. The Hall–Kier alpha value is -1.84. The summed E-state index contributed by atoms with van der Waals surface area (Å²) in [6, 6.07) is 8.02. The summed E-state index contributed by atoms with van der Waals surface area (Å²) < 4.78 is 3.87. The molecule has 0 fully saturated rings. The molecule has 2 aromatic heterocycles. The molecule has 0 saturated heterocycles. The molecular formula is C10H10N4. The number of hydrogen-bond acceptors (Lipinski definition) is 2. The van der Waals surface area contributed by atoms with Crippen molar-refractivity contribution in [3.8, 4) is 0 Å². The largest absolute Gasteiger partial charge is 0.300 e. The molecule has 0 saturated carbocycles. The first kappa shape index (κ1) is 7.55. The molecule has 14 heavy (non-hydrogen) atoms. The molecule has 0 atom stereocenters. The molecular weight excluding hydrogens is 176 g/mol. The summed E-state index contributed by atoms with van der Waals surface area (Å²) >= 11 is 0. The van der Waals surface area contributed by atoms with E-state index in [1.807, 2.05) is 47.3 Å². The van der Waals surface area contributed by atoms with Crippen LogP contribution in [0.3, 0.4) is 0 Å². The molecule has 4 nitrogen and oxygen atoms in total. The van der Waals surface area contributed by atoms with Gasteiger partial charge in [-0.2, -0.15) is 9.61 Å². The second kappa shape index (κ2) is 2.35. The third kappa shape index (κ3) is 0.775. The predicted octanol–water partition coefficient (Wildman–Crippen LogP) is 1.53. The maximum atomic E-state index is 4.50. The number of rotatable bonds is 0. The minimum atomic E-state index is 0.892. The van der Waals surface area contributed by atoms with Crippen molar-refractivity contribution in [2.24, 2.45) is 7.05 Å². The summed E-state index contributed by atoms with van der Waals surface area (Å²) in [5.41, 5.74) is 2.05. The number of fused-ring (bicyclic) bond motifs is 3. The van der Waals surface area contributed by atoms with Crippen LogP contribution in [0.1, 0.15) is 5.82 Å². The lowest BCUT2D eigenvalue weighted by Crippen LogP contribution is -1.91. The van der Waals surface area contributed by atoms with Crippen LogP contribution in [0.2, 0.25) is 0 Å². The van der Waals surface area contributed by atoms with Crippen LogP contribution in [0.4, 0.5) is 0 Å². The zero-order chi connectivity index (χ0) is 9.71. The summed E-state index contributed by atoms with van der Waals surface area (Å²) in [7, 11) is 1.98. The standard InChI is InChI=1S/C10H10N4/c1-7-12-14-9-6-4-3-5-8(9)11-10(14)13(7)2/h3-6H,1-2H3. The molecule has 1 aromatic carbocycles. The minimum absolute atomic E-state index is 0.892. The van der Waals surface area contributed by atoms with Crippen LogP contribution in [-0.2, 0) is 7.05 Å². The van der Waals surface area contributed by atoms with Gasteiger partial charge in [-0.15, -0.1) is 0 Å². The summed E-state index contributed by atoms with van der Waals surface area (Å²) in [5.74, 6) is 1.86. The molecule has 0 bridgehead atoms. The van der Waals surface area contributed by atoms with Gasteiger partial charge in [-0.05, 0) is 19.1 Å². The van der Waals surface area contributed by atoms with E-state index in [4.69, 9.17) is 0 Å². The molecule has 70 valence electrons. The summed E-state index contributed by atoms with van der Waals surface area (Å²) in [6.07, 6.45) is 0. The predicted molar refractivity (Wildman–Crippen MR) is 54.2 cm³/mol. The molecule has 2 heterocycles. The van der Waals surface area contributed by atoms with E-state index in [2.05, 4.69) is 10.1 Å². The van der Waals surface area contributed by atoms with Crippen LogP contribution in [0.5, 0.6) is 0 Å². The quantitative estimate of drug-likeness (QED) is 0.533. The highest BCUT2D eigenvalue weighted by Gasteiger charge is 2.09. The van der Waals surface area contributed by atoms with E-state index in [0.717, 1.165) is 22.6 Å². The lowest BCUT2D eigenvalue weighted by Gasteiger charge is -1.89. The van der Waals surface area contributed by atoms with Gasteiger partial charge in [0.2, 0.25) is 5.78 Å². The topological polar surface area (TPSA) is 35.1 Å². The van der Waals surface area contributed by atoms with Gasteiger partial charge >= 0.3 is 0 Å². The molecule has 0 aliphatic heterocycles. The van der Waals surface area contributed by atoms with Crippen molar-refractivity contribution in [2.45, 2.75) is 6.92 Å². The highest BCUT2D eigenvalue weighted by atomic mass is 15.4. The zero-order valence-corrected chi connectivity index (χ0v) is 8.10. The average Bonchev–Trinajstić information content (AvgIpc) is 2.67. The number of imidazole rings is 1. The van der Waals surface area contributed by atoms with Gasteiger partial charge in [0, 0.05) is 7.05 Å². The fraction of sp³-hybridized carbons (Fsp3) is 0.200. The Labute approximate surface area is 80.8 Å². The van der Waals surface area contributed by atoms with E-state index < -0.39 is 0 Å². The SMILES string of the molecule is Cc1nn2c3ccccc3nc2n1C. The van der Waals surface area contributed by atoms with Gasteiger partial charge in [-0.25, -0.2) is 4.98 Å². The van der Waals surface area contributed by atoms with Crippen molar-refractivity contribution in [1.82, 2.24) is 19.2 Å². The van der Waals surface area contributed by atoms with Crippen LogP contribution in [0, 0.1) is 6.92 Å². The van der Waals surface area contributed by atoms with E-state index >= 15 is 0 Å². The molecule has 0 aliphatic rings. The van der Waals surface area contributed by atoms with Gasteiger partial charge in [0.1, 0.15) is 5.82 Å². The highest BCUT2D eigenvalue weighted by molar-refractivity contribution is 5.78. The second-order valence-corrected chi connectivity index (χ2v) is 3.42. The van der Waals surface area contributed by atoms with E-state index in [-0.39, 0.29) is 0 Å². The van der Waals surface area contributed by atoms with E-state index in [9.17, 15) is 0 Å². The Kier molecular flexibility index (Phi) is 1.27. The van der Waals surface area contributed by atoms with Crippen molar-refractivity contribution >= 4 is 16.8 Å². The number of nitrogens with zero attached hydrogens (tertiary/aromatic N) is 4. The molecule has 3 rings (SSSR count). The van der Waals surface area contributed by atoms with Gasteiger partial charge in [0.05, 0.1) is 11.0 Å². The van der Waals surface area contributed by atoms with E-state index in [1.165, 1.54) is 0 Å². The van der Waals surface area contributed by atoms with Gasteiger partial charge in [-0.3, -0.25) is 0 Å². The first-order valence-corrected chi connectivity index (χ1v) is 4.54. The van der Waals surface area contributed by atoms with Crippen LogP contribution >= 0.6 is 0 Å². The van der Waals surface area contributed by atoms with Gasteiger partial charge in [-0.1, -0.05) is 12.1 Å². The van der Waals surface area contributed by atoms with E-state index in [1.54, 1.807) is 0 Å². The van der Waals surface area contributed by atoms with Crippen molar-refractivity contribution in [2.75, 3.05) is 0 Å². The van der Waals surface area contributed by atoms with Crippen molar-refractivity contribution in [3.05, 3.63) is 30.1 Å². The van der Waals surface area contributed by atoms with Gasteiger partial charge in [0.15, 0.2) is 0 Å². The van der Waals surface area contributed by atoms with Crippen LogP contribution in [-0.4, -0.2) is 19.2 Å². The zero-order valence-electron chi connectivity index (χ0n) is 8.10. The Morgan fingerprint density at radius 3 is 2.86 bits per heavy atom. The van der Waals surface area contributed by atoms with Crippen molar-refractivity contribution in [1.29, 1.82) is 0 Å². The van der Waals surface area contributed by atoms with E-state index in [0.29, 0.717) is 0 Å². The second-order valence-electron chi connectivity index (χ2n) is 3.42. The molecule has 0 aliphatic carbocycles. The van der Waals surface area contributed by atoms with Gasteiger partial charge in [0.25, 0.3) is 0 Å². The summed E-state index contributed by atoms with van der Waals surface area (Å²) in [4.78, 5) is 4.50. The molecule has 3 aromatic rings. The van der Waals surface area contributed by atoms with Gasteiger partial charge < -0.3 is 4.57 Å².